The molecule has 6 nitrogen and oxygen atoms in total. The summed E-state index contributed by atoms with van der Waals surface area (Å²) in [7, 11) is 0. The van der Waals surface area contributed by atoms with Gasteiger partial charge in [0.1, 0.15) is 5.75 Å². The van der Waals surface area contributed by atoms with Crippen molar-refractivity contribution < 1.29 is 19.5 Å². The molecule has 0 bridgehead atoms. The van der Waals surface area contributed by atoms with Crippen LogP contribution in [0.2, 0.25) is 0 Å². The van der Waals surface area contributed by atoms with E-state index in [2.05, 4.69) is 0 Å². The van der Waals surface area contributed by atoms with Crippen molar-refractivity contribution in [3.8, 4) is 5.75 Å². The highest BCUT2D eigenvalue weighted by molar-refractivity contribution is 6.00. The van der Waals surface area contributed by atoms with Gasteiger partial charge in [-0.15, -0.1) is 0 Å². The molecule has 2 amide bonds. The van der Waals surface area contributed by atoms with Crippen molar-refractivity contribution in [1.82, 2.24) is 5.48 Å². The van der Waals surface area contributed by atoms with Crippen LogP contribution in [0.3, 0.4) is 0 Å². The summed E-state index contributed by atoms with van der Waals surface area (Å²) in [6.45, 7) is 2.35. The number of hydrogen-bond donors (Lipinski definition) is 2. The molecule has 2 N–H and O–H groups in total. The molecule has 0 unspecified atom stereocenters. The summed E-state index contributed by atoms with van der Waals surface area (Å²) in [6, 6.07) is 12.6. The molecule has 0 aliphatic carbocycles. The minimum absolute atomic E-state index is 0.0373. The van der Waals surface area contributed by atoms with Crippen LogP contribution >= 0.6 is 0 Å². The molecule has 0 saturated heterocycles. The summed E-state index contributed by atoms with van der Waals surface area (Å²) in [5.74, 6) is -0.285. The first-order valence-corrected chi connectivity index (χ1v) is 7.15. The van der Waals surface area contributed by atoms with E-state index in [0.717, 1.165) is 11.1 Å². The third-order valence-corrected chi connectivity index (χ3v) is 3.73. The average Bonchev–Trinajstić information content (AvgIpc) is 2.58. The fourth-order valence-corrected chi connectivity index (χ4v) is 2.46. The molecule has 23 heavy (non-hydrogen) atoms. The molecule has 1 aliphatic heterocycles. The fraction of sp³-hybridized carbons (Fsp3) is 0.176. The second kappa shape index (κ2) is 6.10. The summed E-state index contributed by atoms with van der Waals surface area (Å²) in [5.41, 5.74) is 4.48. The molecule has 0 radical (unpaired) electrons. The Bertz CT molecular complexity index is 756. The van der Waals surface area contributed by atoms with Crippen LogP contribution in [0.5, 0.6) is 5.75 Å². The van der Waals surface area contributed by atoms with Crippen LogP contribution in [0.15, 0.2) is 42.5 Å². The second-order valence-corrected chi connectivity index (χ2v) is 5.38. The molecule has 1 heterocycles. The third kappa shape index (κ3) is 3.02. The number of hydrogen-bond acceptors (Lipinski definition) is 4. The summed E-state index contributed by atoms with van der Waals surface area (Å²) < 4.78 is 5.41. The van der Waals surface area contributed by atoms with E-state index in [1.165, 1.54) is 12.1 Å². The first-order valence-electron chi connectivity index (χ1n) is 7.15. The largest absolute Gasteiger partial charge is 0.482 e. The molecule has 2 aromatic rings. The van der Waals surface area contributed by atoms with Gasteiger partial charge in [0.25, 0.3) is 11.8 Å². The van der Waals surface area contributed by atoms with Crippen molar-refractivity contribution in [2.75, 3.05) is 11.5 Å². The maximum atomic E-state index is 12.2. The van der Waals surface area contributed by atoms with Crippen molar-refractivity contribution in [2.45, 2.75) is 13.5 Å². The van der Waals surface area contributed by atoms with Crippen molar-refractivity contribution in [2.24, 2.45) is 0 Å². The first kappa shape index (κ1) is 15.1. The number of aryl methyl sites for hydroxylation is 1. The Morgan fingerprint density at radius 2 is 2.00 bits per heavy atom. The highest BCUT2D eigenvalue weighted by Crippen LogP contribution is 2.34. The van der Waals surface area contributed by atoms with Gasteiger partial charge in [-0.2, -0.15) is 0 Å². The predicted molar refractivity (Wildman–Crippen MR) is 83.6 cm³/mol. The van der Waals surface area contributed by atoms with Crippen LogP contribution in [0.1, 0.15) is 21.5 Å². The van der Waals surface area contributed by atoms with Crippen LogP contribution in [0.25, 0.3) is 0 Å². The number of ether oxygens (including phenoxy) is 1. The van der Waals surface area contributed by atoms with Gasteiger partial charge in [-0.1, -0.05) is 29.8 Å². The number of hydroxylamine groups is 1. The number of carbonyl (C=O) groups is 2. The highest BCUT2D eigenvalue weighted by Gasteiger charge is 2.26. The number of nitrogens with one attached hydrogen (secondary N) is 1. The Labute approximate surface area is 133 Å². The maximum Gasteiger partial charge on any atom is 0.274 e. The first-order chi connectivity index (χ1) is 11.1. The van der Waals surface area contributed by atoms with Crippen LogP contribution in [-0.4, -0.2) is 23.6 Å². The summed E-state index contributed by atoms with van der Waals surface area (Å²) in [6.07, 6.45) is 0. The fourth-order valence-electron chi connectivity index (χ4n) is 2.46. The monoisotopic (exact) mass is 312 g/mol. The number of anilines is 1. The zero-order valence-corrected chi connectivity index (χ0v) is 12.6. The smallest absolute Gasteiger partial charge is 0.274 e. The van der Waals surface area contributed by atoms with Crippen LogP contribution in [-0.2, 0) is 11.3 Å². The summed E-state index contributed by atoms with van der Waals surface area (Å²) in [4.78, 5) is 25.4. The van der Waals surface area contributed by atoms with Gasteiger partial charge in [0.2, 0.25) is 0 Å². The standard InChI is InChI=1S/C17H16N2O4/c1-11-2-4-12(5-3-11)9-19-14-8-13(17(21)18-22)6-7-15(14)23-10-16(19)20/h2-8,22H,9-10H2,1H3,(H,18,21). The van der Waals surface area contributed by atoms with Gasteiger partial charge in [-0.25, -0.2) is 5.48 Å². The molecule has 0 fully saturated rings. The zero-order valence-electron chi connectivity index (χ0n) is 12.6. The lowest BCUT2D eigenvalue weighted by Gasteiger charge is -2.29. The van der Waals surface area contributed by atoms with Gasteiger partial charge >= 0.3 is 0 Å². The van der Waals surface area contributed by atoms with Gasteiger partial charge in [0, 0.05) is 5.56 Å². The number of fused-ring (bicyclic) bond motifs is 1. The quantitative estimate of drug-likeness (QED) is 0.671. The lowest BCUT2D eigenvalue weighted by molar-refractivity contribution is -0.121. The number of benzene rings is 2. The van der Waals surface area contributed by atoms with E-state index >= 15 is 0 Å². The van der Waals surface area contributed by atoms with Crippen LogP contribution in [0, 0.1) is 6.92 Å². The molecule has 0 saturated carbocycles. The van der Waals surface area contributed by atoms with Crippen molar-refractivity contribution in [1.29, 1.82) is 0 Å². The SMILES string of the molecule is Cc1ccc(CN2C(=O)COc3ccc(C(=O)NO)cc32)cc1. The van der Waals surface area contributed by atoms with Gasteiger partial charge in [-0.05, 0) is 30.7 Å². The molecule has 0 atom stereocenters. The van der Waals surface area contributed by atoms with Crippen molar-refractivity contribution in [3.63, 3.8) is 0 Å². The Kier molecular flexibility index (Phi) is 3.99. The van der Waals surface area contributed by atoms with Gasteiger partial charge in [-0.3, -0.25) is 14.8 Å². The average molecular weight is 312 g/mol. The van der Waals surface area contributed by atoms with E-state index in [-0.39, 0.29) is 18.1 Å². The van der Waals surface area contributed by atoms with E-state index < -0.39 is 5.91 Å². The molecule has 0 spiro atoms. The summed E-state index contributed by atoms with van der Waals surface area (Å²) >= 11 is 0. The van der Waals surface area contributed by atoms with E-state index in [1.54, 1.807) is 16.4 Å². The molecule has 0 aromatic heterocycles. The second-order valence-electron chi connectivity index (χ2n) is 5.38. The Hall–Kier alpha value is -2.86. The third-order valence-electron chi connectivity index (χ3n) is 3.73. The Morgan fingerprint density at radius 1 is 1.26 bits per heavy atom. The molecule has 1 aliphatic rings. The minimum atomic E-state index is -0.638. The molecule has 2 aromatic carbocycles. The lowest BCUT2D eigenvalue weighted by Crippen LogP contribution is -2.38. The van der Waals surface area contributed by atoms with E-state index in [1.807, 2.05) is 31.2 Å². The molecule has 118 valence electrons. The topological polar surface area (TPSA) is 78.9 Å². The number of carbonyl (C=O) groups excluding carboxylic acids is 2. The van der Waals surface area contributed by atoms with E-state index in [9.17, 15) is 9.59 Å². The van der Waals surface area contributed by atoms with Crippen molar-refractivity contribution >= 4 is 17.5 Å². The number of amides is 2. The highest BCUT2D eigenvalue weighted by atomic mass is 16.5. The molecule has 3 rings (SSSR count). The van der Waals surface area contributed by atoms with Gasteiger partial charge < -0.3 is 9.64 Å². The Morgan fingerprint density at radius 3 is 2.70 bits per heavy atom. The minimum Gasteiger partial charge on any atom is -0.482 e. The van der Waals surface area contributed by atoms with Crippen LogP contribution in [0.4, 0.5) is 5.69 Å². The Balaban J connectivity index is 1.96. The molecular weight excluding hydrogens is 296 g/mol. The van der Waals surface area contributed by atoms with E-state index in [4.69, 9.17) is 9.94 Å². The lowest BCUT2D eigenvalue weighted by atomic mass is 10.1. The molecule has 6 heteroatoms. The van der Waals surface area contributed by atoms with Crippen LogP contribution < -0.4 is 15.1 Å². The van der Waals surface area contributed by atoms with E-state index in [0.29, 0.717) is 18.0 Å². The normalized spacial score (nSPS) is 13.3. The number of nitrogens with zero attached hydrogens (tertiary/aromatic N) is 1. The van der Waals surface area contributed by atoms with Crippen molar-refractivity contribution in [3.05, 3.63) is 59.2 Å². The van der Waals surface area contributed by atoms with Gasteiger partial charge in [0.05, 0.1) is 12.2 Å². The molecular formula is C17H16N2O4. The summed E-state index contributed by atoms with van der Waals surface area (Å²) in [5, 5.41) is 8.76. The number of rotatable bonds is 3. The van der Waals surface area contributed by atoms with Gasteiger partial charge in [0.15, 0.2) is 6.61 Å². The maximum absolute atomic E-state index is 12.2. The predicted octanol–water partition coefficient (Wildman–Crippen LogP) is 2.04. The zero-order chi connectivity index (χ0) is 16.4.